The summed E-state index contributed by atoms with van der Waals surface area (Å²) in [6.45, 7) is 5.03. The number of hydrogen-bond donors (Lipinski definition) is 1. The van der Waals surface area contributed by atoms with Gasteiger partial charge in [0.05, 0.1) is 25.9 Å². The van der Waals surface area contributed by atoms with Crippen molar-refractivity contribution in [3.05, 3.63) is 30.1 Å². The number of amides is 1. The van der Waals surface area contributed by atoms with Crippen LogP contribution >= 0.6 is 0 Å². The minimum absolute atomic E-state index is 0.0454. The van der Waals surface area contributed by atoms with Crippen molar-refractivity contribution in [2.75, 3.05) is 39.5 Å². The molecule has 1 N–H and O–H groups in total. The minimum Gasteiger partial charge on any atom is -0.459 e. The van der Waals surface area contributed by atoms with E-state index in [1.807, 2.05) is 12.1 Å². The molecule has 0 aliphatic carbocycles. The lowest BCUT2D eigenvalue weighted by molar-refractivity contribution is -0.154. The monoisotopic (exact) mass is 307 g/mol. The van der Waals surface area contributed by atoms with Crippen LogP contribution in [0, 0.1) is 0 Å². The largest absolute Gasteiger partial charge is 0.459 e. The fourth-order valence-corrected chi connectivity index (χ4v) is 2.38. The van der Waals surface area contributed by atoms with Crippen LogP contribution in [0.5, 0.6) is 0 Å². The van der Waals surface area contributed by atoms with Gasteiger partial charge in [-0.25, -0.2) is 4.79 Å². The van der Waals surface area contributed by atoms with E-state index in [0.29, 0.717) is 19.8 Å². The summed E-state index contributed by atoms with van der Waals surface area (Å²) in [5.41, 5.74) is 0.994. The standard InChI is InChI=1S/C15H21N3O4/c1-2-22-15(20)14(19)17-11-13(12-4-3-5-16-10-12)18-6-8-21-9-7-18/h3-5,10,13H,2,6-9,11H2,1H3,(H,17,19). The third-order valence-electron chi connectivity index (χ3n) is 3.47. The van der Waals surface area contributed by atoms with E-state index in [2.05, 4.69) is 15.2 Å². The molecule has 1 unspecified atom stereocenters. The van der Waals surface area contributed by atoms with Gasteiger partial charge < -0.3 is 14.8 Å². The van der Waals surface area contributed by atoms with E-state index in [1.54, 1.807) is 19.3 Å². The first kappa shape index (κ1) is 16.4. The van der Waals surface area contributed by atoms with Crippen molar-refractivity contribution in [2.24, 2.45) is 0 Å². The number of carbonyl (C=O) groups excluding carboxylic acids is 2. The Morgan fingerprint density at radius 2 is 2.23 bits per heavy atom. The van der Waals surface area contributed by atoms with Gasteiger partial charge in [-0.05, 0) is 18.6 Å². The van der Waals surface area contributed by atoms with Crippen LogP contribution in [0.25, 0.3) is 0 Å². The summed E-state index contributed by atoms with van der Waals surface area (Å²) in [6, 6.07) is 3.77. The van der Waals surface area contributed by atoms with Gasteiger partial charge in [0, 0.05) is 32.0 Å². The zero-order chi connectivity index (χ0) is 15.8. The molecular weight excluding hydrogens is 286 g/mol. The Kier molecular flexibility index (Phi) is 6.29. The first-order chi connectivity index (χ1) is 10.7. The molecule has 2 rings (SSSR count). The van der Waals surface area contributed by atoms with E-state index in [1.165, 1.54) is 0 Å². The molecule has 0 bridgehead atoms. The Hall–Kier alpha value is -1.99. The molecule has 1 aliphatic heterocycles. The summed E-state index contributed by atoms with van der Waals surface area (Å²) < 4.78 is 10.1. The minimum atomic E-state index is -0.852. The van der Waals surface area contributed by atoms with E-state index in [-0.39, 0.29) is 12.6 Å². The SMILES string of the molecule is CCOC(=O)C(=O)NCC(c1cccnc1)N1CCOCC1. The van der Waals surface area contributed by atoms with E-state index >= 15 is 0 Å². The number of rotatable bonds is 5. The Labute approximate surface area is 129 Å². The molecule has 1 atom stereocenters. The second-order valence-electron chi connectivity index (χ2n) is 4.88. The lowest BCUT2D eigenvalue weighted by atomic mass is 10.1. The highest BCUT2D eigenvalue weighted by atomic mass is 16.5. The molecule has 1 aliphatic rings. The molecule has 0 saturated carbocycles. The van der Waals surface area contributed by atoms with Crippen LogP contribution in [0.4, 0.5) is 0 Å². The Morgan fingerprint density at radius 1 is 1.45 bits per heavy atom. The highest BCUT2D eigenvalue weighted by Crippen LogP contribution is 2.20. The van der Waals surface area contributed by atoms with Crippen molar-refractivity contribution in [1.82, 2.24) is 15.2 Å². The molecule has 1 amide bonds. The summed E-state index contributed by atoms with van der Waals surface area (Å²) in [5.74, 6) is -1.57. The molecule has 0 spiro atoms. The predicted octanol–water partition coefficient (Wildman–Crippen LogP) is 0.134. The summed E-state index contributed by atoms with van der Waals surface area (Å²) in [6.07, 6.45) is 3.48. The van der Waals surface area contributed by atoms with Gasteiger partial charge in [-0.2, -0.15) is 0 Å². The number of hydrogen-bond acceptors (Lipinski definition) is 6. The Balaban J connectivity index is 2.01. The van der Waals surface area contributed by atoms with Gasteiger partial charge in [0.15, 0.2) is 0 Å². The van der Waals surface area contributed by atoms with Gasteiger partial charge in [-0.3, -0.25) is 14.7 Å². The molecular formula is C15H21N3O4. The fraction of sp³-hybridized carbons (Fsp3) is 0.533. The molecule has 0 aromatic carbocycles. The number of pyridine rings is 1. The first-order valence-corrected chi connectivity index (χ1v) is 7.39. The number of morpholine rings is 1. The lowest BCUT2D eigenvalue weighted by Gasteiger charge is -2.34. The zero-order valence-corrected chi connectivity index (χ0v) is 12.7. The molecule has 1 aromatic heterocycles. The number of nitrogens with zero attached hydrogens (tertiary/aromatic N) is 2. The van der Waals surface area contributed by atoms with Crippen molar-refractivity contribution >= 4 is 11.9 Å². The third-order valence-corrected chi connectivity index (χ3v) is 3.47. The second-order valence-corrected chi connectivity index (χ2v) is 4.88. The van der Waals surface area contributed by atoms with Crippen molar-refractivity contribution in [2.45, 2.75) is 13.0 Å². The highest BCUT2D eigenvalue weighted by molar-refractivity contribution is 6.32. The summed E-state index contributed by atoms with van der Waals surface area (Å²) >= 11 is 0. The van der Waals surface area contributed by atoms with Gasteiger partial charge in [-0.1, -0.05) is 6.07 Å². The van der Waals surface area contributed by atoms with E-state index in [9.17, 15) is 9.59 Å². The van der Waals surface area contributed by atoms with Gasteiger partial charge in [0.1, 0.15) is 0 Å². The van der Waals surface area contributed by atoms with Crippen molar-refractivity contribution < 1.29 is 19.1 Å². The molecule has 7 nitrogen and oxygen atoms in total. The normalized spacial score (nSPS) is 16.8. The number of esters is 1. The predicted molar refractivity (Wildman–Crippen MR) is 79.0 cm³/mol. The van der Waals surface area contributed by atoms with E-state index in [0.717, 1.165) is 18.7 Å². The quantitative estimate of drug-likeness (QED) is 0.615. The van der Waals surface area contributed by atoms with E-state index in [4.69, 9.17) is 9.47 Å². The maximum absolute atomic E-state index is 11.7. The molecule has 22 heavy (non-hydrogen) atoms. The maximum atomic E-state index is 11.7. The summed E-state index contributed by atoms with van der Waals surface area (Å²) in [5, 5.41) is 2.64. The fourth-order valence-electron chi connectivity index (χ4n) is 2.38. The van der Waals surface area contributed by atoms with Gasteiger partial charge in [0.2, 0.25) is 0 Å². The zero-order valence-electron chi connectivity index (χ0n) is 12.7. The van der Waals surface area contributed by atoms with Gasteiger partial charge >= 0.3 is 11.9 Å². The molecule has 1 fully saturated rings. The lowest BCUT2D eigenvalue weighted by Crippen LogP contribution is -2.45. The number of nitrogens with one attached hydrogen (secondary N) is 1. The summed E-state index contributed by atoms with van der Waals surface area (Å²) in [4.78, 5) is 29.4. The maximum Gasteiger partial charge on any atom is 0.396 e. The van der Waals surface area contributed by atoms with Crippen molar-refractivity contribution in [1.29, 1.82) is 0 Å². The average molecular weight is 307 g/mol. The van der Waals surface area contributed by atoms with Crippen LogP contribution in [0.3, 0.4) is 0 Å². The molecule has 1 saturated heterocycles. The average Bonchev–Trinajstić information content (AvgIpc) is 2.57. The third kappa shape index (κ3) is 4.51. The molecule has 0 radical (unpaired) electrons. The topological polar surface area (TPSA) is 80.8 Å². The Morgan fingerprint density at radius 3 is 2.86 bits per heavy atom. The number of aromatic nitrogens is 1. The molecule has 7 heteroatoms. The van der Waals surface area contributed by atoms with Gasteiger partial charge in [0.25, 0.3) is 0 Å². The Bertz CT molecular complexity index is 489. The van der Waals surface area contributed by atoms with Crippen LogP contribution < -0.4 is 5.32 Å². The first-order valence-electron chi connectivity index (χ1n) is 7.39. The molecule has 2 heterocycles. The van der Waals surface area contributed by atoms with Crippen LogP contribution in [0.2, 0.25) is 0 Å². The van der Waals surface area contributed by atoms with E-state index < -0.39 is 11.9 Å². The smallest absolute Gasteiger partial charge is 0.396 e. The van der Waals surface area contributed by atoms with Crippen molar-refractivity contribution in [3.8, 4) is 0 Å². The van der Waals surface area contributed by atoms with Crippen LogP contribution in [-0.2, 0) is 19.1 Å². The second kappa shape index (κ2) is 8.45. The van der Waals surface area contributed by atoms with Crippen LogP contribution in [-0.4, -0.2) is 61.2 Å². The highest BCUT2D eigenvalue weighted by Gasteiger charge is 2.24. The van der Waals surface area contributed by atoms with Gasteiger partial charge in [-0.15, -0.1) is 0 Å². The summed E-state index contributed by atoms with van der Waals surface area (Å²) in [7, 11) is 0. The molecule has 120 valence electrons. The van der Waals surface area contributed by atoms with Crippen molar-refractivity contribution in [3.63, 3.8) is 0 Å². The molecule has 1 aromatic rings. The van der Waals surface area contributed by atoms with Crippen LogP contribution in [0.1, 0.15) is 18.5 Å². The van der Waals surface area contributed by atoms with Crippen LogP contribution in [0.15, 0.2) is 24.5 Å². The number of carbonyl (C=O) groups is 2. The number of ether oxygens (including phenoxy) is 2.